The summed E-state index contributed by atoms with van der Waals surface area (Å²) < 4.78 is 48.0. The van der Waals surface area contributed by atoms with Crippen molar-refractivity contribution in [2.45, 2.75) is 11.8 Å². The van der Waals surface area contributed by atoms with Gasteiger partial charge in [-0.3, -0.25) is 0 Å². The van der Waals surface area contributed by atoms with E-state index in [1.807, 2.05) is 0 Å². The summed E-state index contributed by atoms with van der Waals surface area (Å²) in [7, 11) is -6.38. The van der Waals surface area contributed by atoms with Crippen LogP contribution in [0.25, 0.3) is 0 Å². The normalized spacial score (nSPS) is 17.4. The lowest BCUT2D eigenvalue weighted by Gasteiger charge is -2.38. The first kappa shape index (κ1) is 16.3. The van der Waals surface area contributed by atoms with E-state index in [0.29, 0.717) is 25.3 Å². The minimum absolute atomic E-state index is 0.115. The van der Waals surface area contributed by atoms with E-state index in [1.165, 1.54) is 10.6 Å². The molecule has 0 saturated carbocycles. The molecule has 0 aliphatic carbocycles. The molecule has 1 saturated heterocycles. The maximum absolute atomic E-state index is 11.7. The Hall–Kier alpha value is -1.12. The third-order valence-electron chi connectivity index (χ3n) is 3.55. The molecule has 118 valence electrons. The van der Waals surface area contributed by atoms with Gasteiger partial charge in [0.15, 0.2) is 9.84 Å². The molecular weight excluding hydrogens is 312 g/mol. The van der Waals surface area contributed by atoms with Gasteiger partial charge >= 0.3 is 0 Å². The number of nitrogens with one attached hydrogen (secondary N) is 1. The van der Waals surface area contributed by atoms with Crippen LogP contribution in [0, 0.1) is 5.92 Å². The van der Waals surface area contributed by atoms with E-state index in [-0.39, 0.29) is 16.6 Å². The Kier molecular flexibility index (Phi) is 4.60. The molecule has 1 N–H and O–H groups in total. The van der Waals surface area contributed by atoms with E-state index < -0.39 is 19.9 Å². The SMILES string of the molecule is CCS(=O)(=O)N1CC(CNc2ccccc2S(C)(=O)=O)C1. The van der Waals surface area contributed by atoms with Crippen LogP contribution in [0.15, 0.2) is 29.2 Å². The molecule has 1 aromatic carbocycles. The van der Waals surface area contributed by atoms with Crippen LogP contribution in [0.3, 0.4) is 0 Å². The van der Waals surface area contributed by atoms with Crippen molar-refractivity contribution in [1.82, 2.24) is 4.31 Å². The molecular formula is C13H20N2O4S2. The molecule has 8 heteroatoms. The second kappa shape index (κ2) is 5.94. The van der Waals surface area contributed by atoms with E-state index in [2.05, 4.69) is 5.32 Å². The van der Waals surface area contributed by atoms with Crippen LogP contribution < -0.4 is 5.32 Å². The van der Waals surface area contributed by atoms with Gasteiger partial charge in [-0.1, -0.05) is 12.1 Å². The molecule has 1 heterocycles. The molecule has 21 heavy (non-hydrogen) atoms. The van der Waals surface area contributed by atoms with Crippen molar-refractivity contribution in [2.75, 3.05) is 37.0 Å². The third-order valence-corrected chi connectivity index (χ3v) is 6.52. The lowest BCUT2D eigenvalue weighted by atomic mass is 10.0. The van der Waals surface area contributed by atoms with Crippen LogP contribution in [0.4, 0.5) is 5.69 Å². The molecule has 2 rings (SSSR count). The summed E-state index contributed by atoms with van der Waals surface area (Å²) in [4.78, 5) is 0.266. The van der Waals surface area contributed by atoms with E-state index in [9.17, 15) is 16.8 Å². The number of para-hydroxylation sites is 1. The largest absolute Gasteiger partial charge is 0.384 e. The molecule has 0 bridgehead atoms. The molecule has 1 aliphatic rings. The maximum atomic E-state index is 11.7. The first-order chi connectivity index (χ1) is 9.74. The van der Waals surface area contributed by atoms with Crippen molar-refractivity contribution in [3.63, 3.8) is 0 Å². The van der Waals surface area contributed by atoms with Crippen LogP contribution in [0.1, 0.15) is 6.92 Å². The summed E-state index contributed by atoms with van der Waals surface area (Å²) in [6, 6.07) is 6.73. The Labute approximate surface area is 126 Å². The molecule has 1 aromatic rings. The van der Waals surface area contributed by atoms with Crippen molar-refractivity contribution < 1.29 is 16.8 Å². The van der Waals surface area contributed by atoms with Gasteiger partial charge in [-0.2, -0.15) is 0 Å². The summed E-state index contributed by atoms with van der Waals surface area (Å²) in [5.41, 5.74) is 0.566. The quantitative estimate of drug-likeness (QED) is 0.832. The lowest BCUT2D eigenvalue weighted by Crippen LogP contribution is -2.52. The fraction of sp³-hybridized carbons (Fsp3) is 0.538. The predicted molar refractivity (Wildman–Crippen MR) is 82.6 cm³/mol. The molecule has 1 fully saturated rings. The second-order valence-electron chi connectivity index (χ2n) is 5.23. The van der Waals surface area contributed by atoms with Gasteiger partial charge in [-0.25, -0.2) is 21.1 Å². The zero-order valence-electron chi connectivity index (χ0n) is 12.1. The smallest absolute Gasteiger partial charge is 0.213 e. The zero-order chi connectivity index (χ0) is 15.7. The zero-order valence-corrected chi connectivity index (χ0v) is 13.7. The Morgan fingerprint density at radius 2 is 1.81 bits per heavy atom. The van der Waals surface area contributed by atoms with Gasteiger partial charge in [-0.05, 0) is 19.1 Å². The number of hydrogen-bond donors (Lipinski definition) is 1. The molecule has 0 atom stereocenters. The van der Waals surface area contributed by atoms with Gasteiger partial charge in [0.2, 0.25) is 10.0 Å². The second-order valence-corrected chi connectivity index (χ2v) is 9.47. The van der Waals surface area contributed by atoms with Crippen LogP contribution >= 0.6 is 0 Å². The molecule has 0 unspecified atom stereocenters. The number of hydrogen-bond acceptors (Lipinski definition) is 5. The monoisotopic (exact) mass is 332 g/mol. The van der Waals surface area contributed by atoms with Gasteiger partial charge < -0.3 is 5.32 Å². The highest BCUT2D eigenvalue weighted by atomic mass is 32.2. The fourth-order valence-electron chi connectivity index (χ4n) is 2.25. The highest BCUT2D eigenvalue weighted by molar-refractivity contribution is 7.91. The van der Waals surface area contributed by atoms with Crippen molar-refractivity contribution in [2.24, 2.45) is 5.92 Å². The molecule has 1 aliphatic heterocycles. The topological polar surface area (TPSA) is 83.6 Å². The van der Waals surface area contributed by atoms with Crippen molar-refractivity contribution in [3.8, 4) is 0 Å². The molecule has 0 radical (unpaired) electrons. The number of benzene rings is 1. The number of sulfone groups is 1. The predicted octanol–water partition coefficient (Wildman–Crippen LogP) is 0.783. The standard InChI is InChI=1S/C13H20N2O4S2/c1-3-21(18,19)15-9-11(10-15)8-14-12-6-4-5-7-13(12)20(2,16)17/h4-7,11,14H,3,8-10H2,1-2H3. The lowest BCUT2D eigenvalue weighted by molar-refractivity contribution is 0.212. The number of sulfonamides is 1. The van der Waals surface area contributed by atoms with Crippen molar-refractivity contribution in [3.05, 3.63) is 24.3 Å². The number of nitrogens with zero attached hydrogens (tertiary/aromatic N) is 1. The Morgan fingerprint density at radius 1 is 1.19 bits per heavy atom. The van der Waals surface area contributed by atoms with Gasteiger partial charge in [0, 0.05) is 31.8 Å². The van der Waals surface area contributed by atoms with Gasteiger partial charge in [0.05, 0.1) is 16.3 Å². The van der Waals surface area contributed by atoms with Crippen LogP contribution in [0.2, 0.25) is 0 Å². The Balaban J connectivity index is 1.95. The summed E-state index contributed by atoms with van der Waals surface area (Å²) >= 11 is 0. The van der Waals surface area contributed by atoms with Crippen LogP contribution in [0.5, 0.6) is 0 Å². The van der Waals surface area contributed by atoms with Crippen molar-refractivity contribution in [1.29, 1.82) is 0 Å². The summed E-state index contributed by atoms with van der Waals surface area (Å²) in [6.45, 7) is 3.17. The van der Waals surface area contributed by atoms with Crippen LogP contribution in [-0.4, -0.2) is 52.8 Å². The highest BCUT2D eigenvalue weighted by Crippen LogP contribution is 2.24. The van der Waals surface area contributed by atoms with Crippen LogP contribution in [-0.2, 0) is 19.9 Å². The first-order valence-electron chi connectivity index (χ1n) is 6.75. The van der Waals surface area contributed by atoms with E-state index >= 15 is 0 Å². The highest BCUT2D eigenvalue weighted by Gasteiger charge is 2.34. The molecule has 0 aromatic heterocycles. The van der Waals surface area contributed by atoms with Gasteiger partial charge in [-0.15, -0.1) is 0 Å². The first-order valence-corrected chi connectivity index (χ1v) is 10.2. The minimum Gasteiger partial charge on any atom is -0.384 e. The maximum Gasteiger partial charge on any atom is 0.213 e. The third kappa shape index (κ3) is 3.75. The fourth-order valence-corrected chi connectivity index (χ4v) is 4.36. The number of rotatable bonds is 6. The minimum atomic E-state index is -3.28. The Bertz CT molecular complexity index is 707. The van der Waals surface area contributed by atoms with E-state index in [1.54, 1.807) is 31.2 Å². The van der Waals surface area contributed by atoms with Crippen molar-refractivity contribution >= 4 is 25.5 Å². The molecule has 6 nitrogen and oxygen atoms in total. The average Bonchev–Trinajstić information content (AvgIpc) is 2.36. The average molecular weight is 332 g/mol. The summed E-state index contributed by atoms with van der Waals surface area (Å²) in [5, 5.41) is 3.11. The summed E-state index contributed by atoms with van der Waals surface area (Å²) in [6.07, 6.45) is 1.17. The molecule has 0 spiro atoms. The van der Waals surface area contributed by atoms with Gasteiger partial charge in [0.1, 0.15) is 0 Å². The summed E-state index contributed by atoms with van der Waals surface area (Å²) in [5.74, 6) is 0.322. The van der Waals surface area contributed by atoms with E-state index in [0.717, 1.165) is 0 Å². The molecule has 0 amide bonds. The number of anilines is 1. The van der Waals surface area contributed by atoms with Gasteiger partial charge in [0.25, 0.3) is 0 Å². The van der Waals surface area contributed by atoms with E-state index in [4.69, 9.17) is 0 Å². The Morgan fingerprint density at radius 3 is 2.38 bits per heavy atom.